The molecule has 0 amide bonds. The average molecular weight is 699 g/mol. The highest BCUT2D eigenvalue weighted by Gasteiger charge is 2.35. The van der Waals surface area contributed by atoms with E-state index in [9.17, 15) is 14.7 Å². The third-order valence-corrected chi connectivity index (χ3v) is 9.45. The molecule has 5 heteroatoms. The molecule has 3 aromatic carbocycles. The molecule has 1 N–H and O–H groups in total. The van der Waals surface area contributed by atoms with E-state index in [-0.39, 0.29) is 44.7 Å². The molecule has 3 aromatic rings. The number of phenols is 1. The number of carbonyl (C=O) groups is 2. The summed E-state index contributed by atoms with van der Waals surface area (Å²) in [6.45, 7) is 34.5. The zero-order valence-electron chi connectivity index (χ0n) is 34.6. The van der Waals surface area contributed by atoms with Crippen LogP contribution in [0.4, 0.5) is 0 Å². The topological polar surface area (TPSA) is 72.8 Å². The summed E-state index contributed by atoms with van der Waals surface area (Å²) in [7, 11) is 0. The lowest BCUT2D eigenvalue weighted by Crippen LogP contribution is -2.33. The zero-order chi connectivity index (χ0) is 39.0. The van der Waals surface area contributed by atoms with Gasteiger partial charge in [-0.05, 0) is 104 Å². The van der Waals surface area contributed by atoms with Crippen molar-refractivity contribution in [1.29, 1.82) is 0 Å². The van der Waals surface area contributed by atoms with Crippen molar-refractivity contribution in [1.82, 2.24) is 0 Å². The van der Waals surface area contributed by atoms with Gasteiger partial charge in [0.05, 0.1) is 0 Å². The Balaban J connectivity index is 2.00. The van der Waals surface area contributed by atoms with Gasteiger partial charge in [0.1, 0.15) is 17.2 Å². The molecular formula is C46H66O5. The van der Waals surface area contributed by atoms with Crippen LogP contribution in [0, 0.1) is 16.7 Å². The predicted octanol–water partition coefficient (Wildman–Crippen LogP) is 11.8. The first-order chi connectivity index (χ1) is 23.0. The Kier molecular flexibility index (Phi) is 12.1. The minimum absolute atomic E-state index is 0.0531. The summed E-state index contributed by atoms with van der Waals surface area (Å²) in [5.74, 6) is -1.64. The number of esters is 2. The highest BCUT2D eigenvalue weighted by atomic mass is 16.6. The predicted molar refractivity (Wildman–Crippen MR) is 211 cm³/mol. The second kappa shape index (κ2) is 14.8. The van der Waals surface area contributed by atoms with Gasteiger partial charge in [-0.3, -0.25) is 9.59 Å². The molecule has 0 heterocycles. The number of ether oxygens (including phenoxy) is 2. The third kappa shape index (κ3) is 11.7. The number of hydrogen-bond acceptors (Lipinski definition) is 5. The Morgan fingerprint density at radius 2 is 0.863 bits per heavy atom. The van der Waals surface area contributed by atoms with Crippen molar-refractivity contribution in [3.63, 3.8) is 0 Å². The molecule has 0 fully saturated rings. The Morgan fingerprint density at radius 3 is 1.14 bits per heavy atom. The number of rotatable bonds is 10. The van der Waals surface area contributed by atoms with Crippen LogP contribution in [-0.4, -0.2) is 17.0 Å². The number of aromatic hydroxyl groups is 1. The molecule has 5 nitrogen and oxygen atoms in total. The molecule has 0 aliphatic carbocycles. The number of benzene rings is 3. The standard InChI is InChI=1S/C46H66O5/c1-41(2,3)28-45(13,14)31-17-21-33(22-18-31)50-39(48)35(25-30-26-36(43(7,8)9)38(47)37(27-30)44(10,11)12)40(49)51-34-23-19-32(20-24-34)46(15,16)29-42(4,5)6/h17-24,26-27,35,47H,25,28-29H2,1-16H3. The van der Waals surface area contributed by atoms with Gasteiger partial charge in [-0.15, -0.1) is 0 Å². The van der Waals surface area contributed by atoms with Crippen molar-refractivity contribution in [3.05, 3.63) is 88.5 Å². The summed E-state index contributed by atoms with van der Waals surface area (Å²) < 4.78 is 11.8. The minimum atomic E-state index is -1.25. The molecule has 51 heavy (non-hydrogen) atoms. The van der Waals surface area contributed by atoms with Crippen LogP contribution < -0.4 is 9.47 Å². The fourth-order valence-electron chi connectivity index (χ4n) is 7.63. The van der Waals surface area contributed by atoms with Gasteiger partial charge in [-0.25, -0.2) is 0 Å². The van der Waals surface area contributed by atoms with Gasteiger partial charge in [0.15, 0.2) is 5.92 Å². The van der Waals surface area contributed by atoms with E-state index in [1.165, 1.54) is 0 Å². The molecule has 280 valence electrons. The normalized spacial score (nSPS) is 13.4. The molecule has 0 radical (unpaired) electrons. The maximum Gasteiger partial charge on any atom is 0.326 e. The van der Waals surface area contributed by atoms with Crippen molar-refractivity contribution >= 4 is 11.9 Å². The monoisotopic (exact) mass is 698 g/mol. The van der Waals surface area contributed by atoms with E-state index in [4.69, 9.17) is 9.47 Å². The Hall–Kier alpha value is -3.60. The van der Waals surface area contributed by atoms with E-state index >= 15 is 0 Å². The van der Waals surface area contributed by atoms with E-state index in [1.807, 2.05) is 77.9 Å². The Bertz CT molecular complexity index is 1540. The van der Waals surface area contributed by atoms with Crippen molar-refractivity contribution < 1.29 is 24.2 Å². The first kappa shape index (κ1) is 41.8. The van der Waals surface area contributed by atoms with Crippen LogP contribution in [0.25, 0.3) is 0 Å². The smallest absolute Gasteiger partial charge is 0.326 e. The van der Waals surface area contributed by atoms with Gasteiger partial charge in [0.2, 0.25) is 0 Å². The molecule has 0 spiro atoms. The van der Waals surface area contributed by atoms with Gasteiger partial charge in [-0.1, -0.05) is 147 Å². The fraction of sp³-hybridized carbons (Fsp3) is 0.565. The lowest BCUT2D eigenvalue weighted by atomic mass is 9.72. The summed E-state index contributed by atoms with van der Waals surface area (Å²) in [6.07, 6.45) is 2.03. The van der Waals surface area contributed by atoms with Crippen molar-refractivity contribution in [2.75, 3.05) is 0 Å². The average Bonchev–Trinajstić information content (AvgIpc) is 2.93. The van der Waals surface area contributed by atoms with Gasteiger partial charge in [0.25, 0.3) is 0 Å². The van der Waals surface area contributed by atoms with Crippen LogP contribution in [0.1, 0.15) is 151 Å². The minimum Gasteiger partial charge on any atom is -0.507 e. The summed E-state index contributed by atoms with van der Waals surface area (Å²) in [6, 6.07) is 19.0. The van der Waals surface area contributed by atoms with E-state index in [0.717, 1.165) is 40.7 Å². The van der Waals surface area contributed by atoms with Crippen LogP contribution in [0.3, 0.4) is 0 Å². The molecule has 3 rings (SSSR count). The second-order valence-electron chi connectivity index (χ2n) is 20.4. The lowest BCUT2D eigenvalue weighted by molar-refractivity contribution is -0.151. The summed E-state index contributed by atoms with van der Waals surface area (Å²) in [5.41, 5.74) is 3.98. The van der Waals surface area contributed by atoms with Crippen LogP contribution >= 0.6 is 0 Å². The molecule has 0 atom stereocenters. The SMILES string of the molecule is CC(C)(C)CC(C)(C)c1ccc(OC(=O)C(Cc2cc(C(C)(C)C)c(O)c(C(C)(C)C)c2)C(=O)Oc2ccc(C(C)(C)CC(C)(C)C)cc2)cc1. The number of phenolic OH excluding ortho intramolecular Hbond substituents is 1. The van der Waals surface area contributed by atoms with Gasteiger partial charge >= 0.3 is 11.9 Å². The lowest BCUT2D eigenvalue weighted by Gasteiger charge is -2.33. The third-order valence-electron chi connectivity index (χ3n) is 9.45. The van der Waals surface area contributed by atoms with E-state index in [2.05, 4.69) is 69.2 Å². The Morgan fingerprint density at radius 1 is 0.549 bits per heavy atom. The maximum atomic E-state index is 14.0. The number of carbonyl (C=O) groups excluding carboxylic acids is 2. The van der Waals surface area contributed by atoms with Gasteiger partial charge < -0.3 is 14.6 Å². The molecule has 0 saturated carbocycles. The van der Waals surface area contributed by atoms with Gasteiger partial charge in [0, 0.05) is 0 Å². The summed E-state index contributed by atoms with van der Waals surface area (Å²) in [5, 5.41) is 11.3. The molecular weight excluding hydrogens is 633 g/mol. The van der Waals surface area contributed by atoms with Crippen molar-refractivity contribution in [2.24, 2.45) is 16.7 Å². The molecule has 0 bridgehead atoms. The quantitative estimate of drug-likeness (QED) is 0.130. The highest BCUT2D eigenvalue weighted by Crippen LogP contribution is 2.41. The largest absolute Gasteiger partial charge is 0.507 e. The highest BCUT2D eigenvalue weighted by molar-refractivity contribution is 5.97. The molecule has 0 saturated heterocycles. The summed E-state index contributed by atoms with van der Waals surface area (Å²) >= 11 is 0. The Labute approximate surface area is 309 Å². The second-order valence-corrected chi connectivity index (χ2v) is 20.4. The van der Waals surface area contributed by atoms with Crippen LogP contribution in [0.5, 0.6) is 17.2 Å². The molecule has 0 aliphatic heterocycles. The fourth-order valence-corrected chi connectivity index (χ4v) is 7.63. The maximum absolute atomic E-state index is 14.0. The van der Waals surface area contributed by atoms with E-state index in [0.29, 0.717) is 11.5 Å². The summed E-state index contributed by atoms with van der Waals surface area (Å²) in [4.78, 5) is 28.0. The van der Waals surface area contributed by atoms with E-state index < -0.39 is 17.9 Å². The van der Waals surface area contributed by atoms with Gasteiger partial charge in [-0.2, -0.15) is 0 Å². The molecule has 0 aromatic heterocycles. The van der Waals surface area contributed by atoms with Crippen molar-refractivity contribution in [2.45, 2.75) is 152 Å². The van der Waals surface area contributed by atoms with E-state index in [1.54, 1.807) is 24.3 Å². The van der Waals surface area contributed by atoms with Crippen molar-refractivity contribution in [3.8, 4) is 17.2 Å². The van der Waals surface area contributed by atoms with Crippen LogP contribution in [0.15, 0.2) is 60.7 Å². The van der Waals surface area contributed by atoms with Crippen LogP contribution in [-0.2, 0) is 37.7 Å². The molecule has 0 unspecified atom stereocenters. The number of hydrogen-bond donors (Lipinski definition) is 1. The van der Waals surface area contributed by atoms with Crippen LogP contribution in [0.2, 0.25) is 0 Å². The first-order valence-electron chi connectivity index (χ1n) is 18.5. The zero-order valence-corrected chi connectivity index (χ0v) is 34.6. The molecule has 0 aliphatic rings. The first-order valence-corrected chi connectivity index (χ1v) is 18.5.